The molecule has 0 aliphatic carbocycles. The van der Waals surface area contributed by atoms with E-state index in [-0.39, 0.29) is 18.2 Å². The number of carbonyl (C=O) groups is 2. The summed E-state index contributed by atoms with van der Waals surface area (Å²) in [6.45, 7) is 8.87. The summed E-state index contributed by atoms with van der Waals surface area (Å²) in [5, 5.41) is 5.85. The molecule has 0 bridgehead atoms. The van der Waals surface area contributed by atoms with Crippen LogP contribution in [0.1, 0.15) is 91.0 Å². The summed E-state index contributed by atoms with van der Waals surface area (Å²) in [7, 11) is 0. The minimum absolute atomic E-state index is 0.0660. The molecule has 180 valence electrons. The lowest BCUT2D eigenvalue weighted by Crippen LogP contribution is -2.41. The Morgan fingerprint density at radius 1 is 1.00 bits per heavy atom. The lowest BCUT2D eigenvalue weighted by molar-refractivity contribution is 0.0291. The van der Waals surface area contributed by atoms with E-state index in [2.05, 4.69) is 29.7 Å². The average Bonchev–Trinajstić information content (AvgIpc) is 3.18. The summed E-state index contributed by atoms with van der Waals surface area (Å²) in [6, 6.07) is 7.80. The van der Waals surface area contributed by atoms with Gasteiger partial charge in [0.1, 0.15) is 5.60 Å². The van der Waals surface area contributed by atoms with Gasteiger partial charge in [-0.2, -0.15) is 0 Å². The minimum Gasteiger partial charge on any atom is -0.444 e. The Kier molecular flexibility index (Phi) is 10.8. The van der Waals surface area contributed by atoms with Crippen LogP contribution >= 0.6 is 0 Å². The highest BCUT2D eigenvalue weighted by Gasteiger charge is 2.30. The standard InChI is InChI=1S/C26H43N3O3/c1-5-6-7-8-9-10-11-12-13-21-14-16-22(17-15-21)27-24(30)28-23-18-19-29(20-23)25(31)32-26(2,3)4/h14-17,23H,5-13,18-20H2,1-4H3,(H2,27,28,30)/t23-/m0/s1. The van der Waals surface area contributed by atoms with Crippen molar-refractivity contribution in [2.24, 2.45) is 0 Å². The summed E-state index contributed by atoms with van der Waals surface area (Å²) in [6.07, 6.45) is 12.1. The van der Waals surface area contributed by atoms with Gasteiger partial charge in [-0.1, -0.05) is 64.0 Å². The van der Waals surface area contributed by atoms with Crippen molar-refractivity contribution in [3.63, 3.8) is 0 Å². The second-order valence-corrected chi connectivity index (χ2v) is 9.93. The highest BCUT2D eigenvalue weighted by molar-refractivity contribution is 5.89. The second kappa shape index (κ2) is 13.3. The predicted octanol–water partition coefficient (Wildman–Crippen LogP) is 6.50. The Bertz CT molecular complexity index is 697. The number of ether oxygens (including phenoxy) is 1. The number of likely N-dealkylation sites (tertiary alicyclic amines) is 1. The molecule has 32 heavy (non-hydrogen) atoms. The quantitative estimate of drug-likeness (QED) is 0.382. The maximum atomic E-state index is 12.3. The first kappa shape index (κ1) is 26.0. The molecule has 3 amide bonds. The molecule has 0 unspecified atom stereocenters. The van der Waals surface area contributed by atoms with E-state index in [1.54, 1.807) is 4.90 Å². The Morgan fingerprint density at radius 3 is 2.25 bits per heavy atom. The van der Waals surface area contributed by atoms with Gasteiger partial charge < -0.3 is 20.3 Å². The first-order valence-corrected chi connectivity index (χ1v) is 12.4. The van der Waals surface area contributed by atoms with Crippen LogP contribution in [0, 0.1) is 0 Å². The zero-order valence-corrected chi connectivity index (χ0v) is 20.5. The number of benzene rings is 1. The zero-order chi connectivity index (χ0) is 23.4. The van der Waals surface area contributed by atoms with Crippen molar-refractivity contribution in [3.05, 3.63) is 29.8 Å². The van der Waals surface area contributed by atoms with Crippen LogP contribution in [0.2, 0.25) is 0 Å². The largest absolute Gasteiger partial charge is 0.444 e. The lowest BCUT2D eigenvalue weighted by Gasteiger charge is -2.24. The minimum atomic E-state index is -0.514. The summed E-state index contributed by atoms with van der Waals surface area (Å²) >= 11 is 0. The maximum Gasteiger partial charge on any atom is 0.410 e. The number of aryl methyl sites for hydroxylation is 1. The third kappa shape index (κ3) is 10.4. The average molecular weight is 446 g/mol. The van der Waals surface area contributed by atoms with E-state index >= 15 is 0 Å². The molecule has 0 saturated carbocycles. The number of nitrogens with zero attached hydrogens (tertiary/aromatic N) is 1. The molecule has 2 N–H and O–H groups in total. The van der Waals surface area contributed by atoms with E-state index in [1.165, 1.54) is 56.9 Å². The highest BCUT2D eigenvalue weighted by Crippen LogP contribution is 2.17. The Balaban J connectivity index is 1.63. The molecule has 1 aromatic rings. The van der Waals surface area contributed by atoms with Crippen LogP contribution in [0.5, 0.6) is 0 Å². The van der Waals surface area contributed by atoms with E-state index in [9.17, 15) is 9.59 Å². The normalized spacial score (nSPS) is 16.1. The Labute approximate surface area is 194 Å². The van der Waals surface area contributed by atoms with Crippen LogP contribution in [0.25, 0.3) is 0 Å². The van der Waals surface area contributed by atoms with Gasteiger partial charge >= 0.3 is 12.1 Å². The molecule has 1 saturated heterocycles. The molecule has 2 rings (SSSR count). The number of urea groups is 1. The van der Waals surface area contributed by atoms with Crippen LogP contribution in [0.15, 0.2) is 24.3 Å². The van der Waals surface area contributed by atoms with Crippen molar-refractivity contribution in [1.82, 2.24) is 10.2 Å². The fourth-order valence-corrected chi connectivity index (χ4v) is 3.94. The first-order chi connectivity index (χ1) is 15.3. The molecule has 6 nitrogen and oxygen atoms in total. The number of hydrogen-bond donors (Lipinski definition) is 2. The molecule has 1 aromatic carbocycles. The van der Waals surface area contributed by atoms with Crippen LogP contribution < -0.4 is 10.6 Å². The van der Waals surface area contributed by atoms with Crippen LogP contribution in [-0.4, -0.2) is 41.8 Å². The van der Waals surface area contributed by atoms with Gasteiger partial charge in [-0.3, -0.25) is 0 Å². The van der Waals surface area contributed by atoms with Gasteiger partial charge in [-0.05, 0) is 57.7 Å². The van der Waals surface area contributed by atoms with Gasteiger partial charge in [0.2, 0.25) is 0 Å². The number of rotatable bonds is 11. The Morgan fingerprint density at radius 2 is 1.62 bits per heavy atom. The van der Waals surface area contributed by atoms with E-state index < -0.39 is 5.60 Å². The van der Waals surface area contributed by atoms with E-state index in [0.29, 0.717) is 13.1 Å². The molecule has 1 aliphatic heterocycles. The zero-order valence-electron chi connectivity index (χ0n) is 20.5. The van der Waals surface area contributed by atoms with Crippen molar-refractivity contribution in [3.8, 4) is 0 Å². The van der Waals surface area contributed by atoms with Gasteiger partial charge in [0.25, 0.3) is 0 Å². The summed E-state index contributed by atoms with van der Waals surface area (Å²) in [5.41, 5.74) is 1.58. The molecule has 6 heteroatoms. The molecule has 0 radical (unpaired) electrons. The predicted molar refractivity (Wildman–Crippen MR) is 131 cm³/mol. The van der Waals surface area contributed by atoms with Gasteiger partial charge in [0.15, 0.2) is 0 Å². The number of hydrogen-bond acceptors (Lipinski definition) is 3. The van der Waals surface area contributed by atoms with Crippen molar-refractivity contribution < 1.29 is 14.3 Å². The first-order valence-electron chi connectivity index (χ1n) is 12.4. The number of unbranched alkanes of at least 4 members (excludes halogenated alkanes) is 7. The fourth-order valence-electron chi connectivity index (χ4n) is 3.94. The fraction of sp³-hybridized carbons (Fsp3) is 0.692. The molecule has 1 fully saturated rings. The molecule has 1 heterocycles. The summed E-state index contributed by atoms with van der Waals surface area (Å²) < 4.78 is 5.40. The van der Waals surface area contributed by atoms with E-state index in [0.717, 1.165) is 18.5 Å². The molecule has 1 aliphatic rings. The number of amides is 3. The SMILES string of the molecule is CCCCCCCCCCc1ccc(NC(=O)N[C@H]2CCN(C(=O)OC(C)(C)C)C2)cc1. The van der Waals surface area contributed by atoms with Gasteiger partial charge in [0, 0.05) is 24.8 Å². The van der Waals surface area contributed by atoms with Gasteiger partial charge in [0.05, 0.1) is 0 Å². The molecule has 0 spiro atoms. The van der Waals surface area contributed by atoms with Crippen molar-refractivity contribution >= 4 is 17.8 Å². The summed E-state index contributed by atoms with van der Waals surface area (Å²) in [5.74, 6) is 0. The molecule has 1 atom stereocenters. The summed E-state index contributed by atoms with van der Waals surface area (Å²) in [4.78, 5) is 26.1. The maximum absolute atomic E-state index is 12.3. The highest BCUT2D eigenvalue weighted by atomic mass is 16.6. The topological polar surface area (TPSA) is 70.7 Å². The number of nitrogens with one attached hydrogen (secondary N) is 2. The van der Waals surface area contributed by atoms with Crippen molar-refractivity contribution in [1.29, 1.82) is 0 Å². The van der Waals surface area contributed by atoms with Crippen LogP contribution in [-0.2, 0) is 11.2 Å². The Hall–Kier alpha value is -2.24. The van der Waals surface area contributed by atoms with Crippen molar-refractivity contribution in [2.45, 2.75) is 104 Å². The van der Waals surface area contributed by atoms with Crippen LogP contribution in [0.4, 0.5) is 15.3 Å². The number of carbonyl (C=O) groups excluding carboxylic acids is 2. The molecular weight excluding hydrogens is 402 g/mol. The third-order valence-corrected chi connectivity index (χ3v) is 5.71. The number of anilines is 1. The lowest BCUT2D eigenvalue weighted by atomic mass is 10.0. The van der Waals surface area contributed by atoms with E-state index in [1.807, 2.05) is 32.9 Å². The smallest absolute Gasteiger partial charge is 0.410 e. The van der Waals surface area contributed by atoms with Gasteiger partial charge in [-0.25, -0.2) is 9.59 Å². The van der Waals surface area contributed by atoms with Crippen molar-refractivity contribution in [2.75, 3.05) is 18.4 Å². The van der Waals surface area contributed by atoms with E-state index in [4.69, 9.17) is 4.74 Å². The second-order valence-electron chi connectivity index (χ2n) is 9.93. The monoisotopic (exact) mass is 445 g/mol. The third-order valence-electron chi connectivity index (χ3n) is 5.71. The molecule has 0 aromatic heterocycles. The molecular formula is C26H43N3O3. The van der Waals surface area contributed by atoms with Gasteiger partial charge in [-0.15, -0.1) is 0 Å². The van der Waals surface area contributed by atoms with Crippen LogP contribution in [0.3, 0.4) is 0 Å².